The Labute approximate surface area is 108 Å². The fourth-order valence-electron chi connectivity index (χ4n) is 1.58. The van der Waals surface area contributed by atoms with Crippen LogP contribution in [0.3, 0.4) is 0 Å². The molecule has 0 spiro atoms. The Kier molecular flexibility index (Phi) is 3.46. The van der Waals surface area contributed by atoms with E-state index in [0.717, 1.165) is 15.6 Å². The number of rotatable bonds is 2. The fraction of sp³-hybridized carbons (Fsp3) is 0. The predicted octanol–water partition coefficient (Wildman–Crippen LogP) is 4.19. The maximum absolute atomic E-state index is 11.4. The van der Waals surface area contributed by atoms with Crippen LogP contribution in [0.2, 0.25) is 0 Å². The molecule has 3 heteroatoms. The van der Waals surface area contributed by atoms with Gasteiger partial charge in [-0.2, -0.15) is 0 Å². The average Bonchev–Trinajstić information content (AvgIpc) is 2.29. The Morgan fingerprint density at radius 2 is 1.81 bits per heavy atom. The molecule has 80 valence electrons. The van der Waals surface area contributed by atoms with Crippen LogP contribution < -0.4 is 0 Å². The van der Waals surface area contributed by atoms with Gasteiger partial charge in [-0.15, -0.1) is 12.6 Å². The zero-order chi connectivity index (χ0) is 11.5. The van der Waals surface area contributed by atoms with E-state index in [4.69, 9.17) is 0 Å². The van der Waals surface area contributed by atoms with E-state index < -0.39 is 0 Å². The maximum Gasteiger partial charge on any atom is 0.216 e. The highest BCUT2D eigenvalue weighted by Gasteiger charge is 2.08. The molecule has 0 aliphatic heterocycles. The summed E-state index contributed by atoms with van der Waals surface area (Å²) in [7, 11) is 0. The lowest BCUT2D eigenvalue weighted by molar-refractivity contribution is 0.109. The first-order chi connectivity index (χ1) is 7.68. The largest absolute Gasteiger partial charge is 0.282 e. The predicted molar refractivity (Wildman–Crippen MR) is 72.9 cm³/mol. The highest BCUT2D eigenvalue weighted by molar-refractivity contribution is 9.10. The number of hydrogen-bond donors (Lipinski definition) is 1. The molecule has 0 amide bonds. The third-order valence-corrected chi connectivity index (χ3v) is 3.03. The molecule has 0 unspecified atom stereocenters. The molecular weight excluding hydrogens is 284 g/mol. The Balaban J connectivity index is 2.60. The smallest absolute Gasteiger partial charge is 0.216 e. The van der Waals surface area contributed by atoms with Gasteiger partial charge in [-0.25, -0.2) is 0 Å². The Hall–Kier alpha value is -1.06. The van der Waals surface area contributed by atoms with Crippen molar-refractivity contribution in [1.29, 1.82) is 0 Å². The zero-order valence-electron chi connectivity index (χ0n) is 8.35. The van der Waals surface area contributed by atoms with Crippen LogP contribution in [0.4, 0.5) is 0 Å². The third-order valence-electron chi connectivity index (χ3n) is 2.29. The molecule has 2 aromatic carbocycles. The minimum atomic E-state index is -0.212. The molecule has 0 radical (unpaired) electrons. The summed E-state index contributed by atoms with van der Waals surface area (Å²) in [5.74, 6) is 0. The van der Waals surface area contributed by atoms with Gasteiger partial charge in [0.15, 0.2) is 0 Å². The molecule has 16 heavy (non-hydrogen) atoms. The van der Waals surface area contributed by atoms with Crippen molar-refractivity contribution in [2.75, 3.05) is 0 Å². The molecule has 0 bridgehead atoms. The molecule has 2 aromatic rings. The minimum Gasteiger partial charge on any atom is -0.282 e. The van der Waals surface area contributed by atoms with E-state index >= 15 is 0 Å². The number of hydrogen-bond acceptors (Lipinski definition) is 1. The standard InChI is InChI=1S/C13H9BrOS/c14-10-5-3-4-9(8-10)11-6-1-2-7-12(11)13(15)16/h1-8H,(H,15,16). The molecule has 0 fully saturated rings. The van der Waals surface area contributed by atoms with Gasteiger partial charge in [0.05, 0.1) is 0 Å². The number of benzene rings is 2. The van der Waals surface area contributed by atoms with Crippen LogP contribution in [0.15, 0.2) is 53.0 Å². The van der Waals surface area contributed by atoms with Gasteiger partial charge < -0.3 is 0 Å². The van der Waals surface area contributed by atoms with Crippen LogP contribution in [0.25, 0.3) is 11.1 Å². The van der Waals surface area contributed by atoms with Gasteiger partial charge in [-0.3, -0.25) is 4.79 Å². The first-order valence-corrected chi connectivity index (χ1v) is 6.01. The summed E-state index contributed by atoms with van der Waals surface area (Å²) in [4.78, 5) is 11.4. The van der Waals surface area contributed by atoms with E-state index in [9.17, 15) is 4.79 Å². The molecule has 0 heterocycles. The Morgan fingerprint density at radius 1 is 1.06 bits per heavy atom. The maximum atomic E-state index is 11.4. The monoisotopic (exact) mass is 292 g/mol. The second-order valence-corrected chi connectivity index (χ2v) is 4.68. The van der Waals surface area contributed by atoms with Crippen molar-refractivity contribution < 1.29 is 4.79 Å². The van der Waals surface area contributed by atoms with E-state index in [1.807, 2.05) is 42.5 Å². The van der Waals surface area contributed by atoms with E-state index in [1.165, 1.54) is 0 Å². The van der Waals surface area contributed by atoms with Crippen LogP contribution in [0.5, 0.6) is 0 Å². The van der Waals surface area contributed by atoms with Crippen molar-refractivity contribution in [1.82, 2.24) is 0 Å². The zero-order valence-corrected chi connectivity index (χ0v) is 10.8. The van der Waals surface area contributed by atoms with E-state index in [-0.39, 0.29) is 5.12 Å². The van der Waals surface area contributed by atoms with Gasteiger partial charge in [-0.05, 0) is 29.3 Å². The molecule has 0 saturated heterocycles. The van der Waals surface area contributed by atoms with Crippen molar-refractivity contribution in [3.8, 4) is 11.1 Å². The van der Waals surface area contributed by atoms with Crippen LogP contribution in [-0.4, -0.2) is 5.12 Å². The van der Waals surface area contributed by atoms with Gasteiger partial charge in [-0.1, -0.05) is 46.3 Å². The lowest BCUT2D eigenvalue weighted by Gasteiger charge is -2.06. The summed E-state index contributed by atoms with van der Waals surface area (Å²) >= 11 is 7.30. The molecule has 0 atom stereocenters. The second kappa shape index (κ2) is 4.85. The van der Waals surface area contributed by atoms with Crippen LogP contribution in [-0.2, 0) is 0 Å². The normalized spacial score (nSPS) is 10.1. The first-order valence-electron chi connectivity index (χ1n) is 4.77. The summed E-state index contributed by atoms with van der Waals surface area (Å²) in [6, 6.07) is 15.3. The summed E-state index contributed by atoms with van der Waals surface area (Å²) in [5.41, 5.74) is 2.54. The van der Waals surface area contributed by atoms with Crippen molar-refractivity contribution >= 4 is 33.7 Å². The first kappa shape index (κ1) is 11.4. The summed E-state index contributed by atoms with van der Waals surface area (Å²) in [6.07, 6.45) is 0. The fourth-order valence-corrected chi connectivity index (χ4v) is 2.17. The minimum absolute atomic E-state index is 0.212. The highest BCUT2D eigenvalue weighted by Crippen LogP contribution is 2.26. The van der Waals surface area contributed by atoms with Crippen molar-refractivity contribution in [3.05, 3.63) is 58.6 Å². The molecular formula is C13H9BrOS. The van der Waals surface area contributed by atoms with Crippen LogP contribution >= 0.6 is 28.6 Å². The lowest BCUT2D eigenvalue weighted by atomic mass is 10.0. The van der Waals surface area contributed by atoms with Crippen molar-refractivity contribution in [3.63, 3.8) is 0 Å². The van der Waals surface area contributed by atoms with E-state index in [0.29, 0.717) is 5.56 Å². The molecule has 0 aliphatic rings. The Bertz CT molecular complexity index is 537. The van der Waals surface area contributed by atoms with Gasteiger partial charge in [0.25, 0.3) is 0 Å². The van der Waals surface area contributed by atoms with Crippen molar-refractivity contribution in [2.24, 2.45) is 0 Å². The second-order valence-electron chi connectivity index (χ2n) is 3.36. The van der Waals surface area contributed by atoms with E-state index in [2.05, 4.69) is 28.6 Å². The molecule has 0 aliphatic carbocycles. The number of thiol groups is 1. The lowest BCUT2D eigenvalue weighted by Crippen LogP contribution is -1.93. The summed E-state index contributed by atoms with van der Waals surface area (Å²) in [6.45, 7) is 0. The van der Waals surface area contributed by atoms with Crippen LogP contribution in [0, 0.1) is 0 Å². The SMILES string of the molecule is O=C(S)c1ccccc1-c1cccc(Br)c1. The van der Waals surface area contributed by atoms with Gasteiger partial charge in [0.2, 0.25) is 5.12 Å². The Morgan fingerprint density at radius 3 is 2.50 bits per heavy atom. The van der Waals surface area contributed by atoms with Crippen LogP contribution in [0.1, 0.15) is 10.4 Å². The quantitative estimate of drug-likeness (QED) is 0.822. The molecule has 2 rings (SSSR count). The number of carbonyl (C=O) groups excluding carboxylic acids is 1. The van der Waals surface area contributed by atoms with Gasteiger partial charge in [0, 0.05) is 10.0 Å². The highest BCUT2D eigenvalue weighted by atomic mass is 79.9. The molecule has 1 nitrogen and oxygen atoms in total. The third kappa shape index (κ3) is 2.36. The number of carbonyl (C=O) groups is 1. The van der Waals surface area contributed by atoms with Gasteiger partial charge >= 0.3 is 0 Å². The topological polar surface area (TPSA) is 17.1 Å². The summed E-state index contributed by atoms with van der Waals surface area (Å²) < 4.78 is 0.992. The molecule has 0 aromatic heterocycles. The molecule has 0 saturated carbocycles. The molecule has 0 N–H and O–H groups in total. The van der Waals surface area contributed by atoms with Crippen molar-refractivity contribution in [2.45, 2.75) is 0 Å². The average molecular weight is 293 g/mol. The number of halogens is 1. The van der Waals surface area contributed by atoms with Gasteiger partial charge in [0.1, 0.15) is 0 Å². The van der Waals surface area contributed by atoms with E-state index in [1.54, 1.807) is 6.07 Å². The summed E-state index contributed by atoms with van der Waals surface area (Å²) in [5, 5.41) is -0.212.